The molecule has 0 bridgehead atoms. The van der Waals surface area contributed by atoms with Gasteiger partial charge in [-0.1, -0.05) is 55.4 Å². The zero-order chi connectivity index (χ0) is 21.3. The molecule has 1 amide bonds. The number of carbonyl (C=O) groups is 1. The molecule has 1 aliphatic heterocycles. The van der Waals surface area contributed by atoms with Crippen LogP contribution >= 0.6 is 23.4 Å². The number of rotatable bonds is 5. The molecule has 0 aliphatic carbocycles. The molecule has 0 saturated carbocycles. The van der Waals surface area contributed by atoms with E-state index in [0.717, 1.165) is 37.2 Å². The van der Waals surface area contributed by atoms with Crippen LogP contribution in [0.15, 0.2) is 52.4 Å². The summed E-state index contributed by atoms with van der Waals surface area (Å²) in [5, 5.41) is 1.54. The van der Waals surface area contributed by atoms with Crippen molar-refractivity contribution in [2.45, 2.75) is 37.8 Å². The minimum absolute atomic E-state index is 0.0848. The molecule has 4 rings (SSSR count). The highest BCUT2D eigenvalue weighted by Crippen LogP contribution is 2.28. The average molecular weight is 442 g/mol. The summed E-state index contributed by atoms with van der Waals surface area (Å²) in [6.45, 7) is 5.82. The first kappa shape index (κ1) is 20.9. The molecule has 7 heteroatoms. The van der Waals surface area contributed by atoms with E-state index in [-0.39, 0.29) is 23.1 Å². The van der Waals surface area contributed by atoms with Gasteiger partial charge in [-0.2, -0.15) is 0 Å². The molecule has 1 aromatic heterocycles. The van der Waals surface area contributed by atoms with Crippen LogP contribution < -0.4 is 5.56 Å². The second-order valence-electron chi connectivity index (χ2n) is 7.79. The van der Waals surface area contributed by atoms with E-state index in [2.05, 4.69) is 13.8 Å². The molecule has 1 aliphatic rings. The number of halogens is 1. The van der Waals surface area contributed by atoms with Crippen LogP contribution in [0.4, 0.5) is 0 Å². The third kappa shape index (κ3) is 4.12. The van der Waals surface area contributed by atoms with Crippen molar-refractivity contribution in [2.75, 3.05) is 18.8 Å². The minimum atomic E-state index is -0.152. The third-order valence-corrected chi connectivity index (χ3v) is 6.54. The predicted octanol–water partition coefficient (Wildman–Crippen LogP) is 4.88. The van der Waals surface area contributed by atoms with Crippen LogP contribution in [-0.2, 0) is 4.79 Å². The third-order valence-electron chi connectivity index (χ3n) is 5.38. The Hall–Kier alpha value is -2.31. The van der Waals surface area contributed by atoms with Crippen molar-refractivity contribution >= 4 is 40.2 Å². The fraction of sp³-hybridized carbons (Fsp3) is 0.348. The van der Waals surface area contributed by atoms with E-state index in [0.29, 0.717) is 21.1 Å². The lowest BCUT2D eigenvalue weighted by Gasteiger charge is -2.19. The van der Waals surface area contributed by atoms with Gasteiger partial charge in [0.25, 0.3) is 5.56 Å². The molecule has 1 fully saturated rings. The number of para-hydroxylation sites is 1. The smallest absolute Gasteiger partial charge is 0.266 e. The summed E-state index contributed by atoms with van der Waals surface area (Å²) in [5.41, 5.74) is 2.25. The van der Waals surface area contributed by atoms with Crippen molar-refractivity contribution in [3.8, 4) is 5.69 Å². The van der Waals surface area contributed by atoms with E-state index in [4.69, 9.17) is 16.6 Å². The summed E-state index contributed by atoms with van der Waals surface area (Å²) in [6, 6.07) is 13.0. The first-order valence-electron chi connectivity index (χ1n) is 10.2. The number of likely N-dealkylation sites (tertiary alicyclic amines) is 1. The molecule has 0 spiro atoms. The minimum Gasteiger partial charge on any atom is -0.342 e. The van der Waals surface area contributed by atoms with Gasteiger partial charge in [-0.25, -0.2) is 4.98 Å². The van der Waals surface area contributed by atoms with Gasteiger partial charge in [0, 0.05) is 18.1 Å². The molecule has 0 unspecified atom stereocenters. The molecule has 30 heavy (non-hydrogen) atoms. The molecular weight excluding hydrogens is 418 g/mol. The van der Waals surface area contributed by atoms with E-state index in [1.807, 2.05) is 29.2 Å². The predicted molar refractivity (Wildman–Crippen MR) is 123 cm³/mol. The summed E-state index contributed by atoms with van der Waals surface area (Å²) in [7, 11) is 0. The van der Waals surface area contributed by atoms with E-state index in [1.165, 1.54) is 11.8 Å². The van der Waals surface area contributed by atoms with Crippen molar-refractivity contribution in [1.29, 1.82) is 0 Å². The number of nitrogens with zero attached hydrogens (tertiary/aromatic N) is 3. The quantitative estimate of drug-likeness (QED) is 0.418. The van der Waals surface area contributed by atoms with Gasteiger partial charge in [-0.3, -0.25) is 14.2 Å². The summed E-state index contributed by atoms with van der Waals surface area (Å²) in [6.07, 6.45) is 2.10. The highest BCUT2D eigenvalue weighted by atomic mass is 35.5. The number of aromatic nitrogens is 2. The average Bonchev–Trinajstić information content (AvgIpc) is 3.27. The Balaban J connectivity index is 1.84. The van der Waals surface area contributed by atoms with Gasteiger partial charge in [0.2, 0.25) is 5.91 Å². The van der Waals surface area contributed by atoms with Crippen molar-refractivity contribution in [3.63, 3.8) is 0 Å². The van der Waals surface area contributed by atoms with E-state index < -0.39 is 0 Å². The normalized spacial score (nSPS) is 14.1. The Morgan fingerprint density at radius 3 is 2.63 bits per heavy atom. The maximum Gasteiger partial charge on any atom is 0.266 e. The monoisotopic (exact) mass is 441 g/mol. The van der Waals surface area contributed by atoms with Gasteiger partial charge in [0.1, 0.15) is 0 Å². The highest BCUT2D eigenvalue weighted by molar-refractivity contribution is 7.99. The topological polar surface area (TPSA) is 55.2 Å². The lowest BCUT2D eigenvalue weighted by molar-refractivity contribution is -0.127. The Morgan fingerprint density at radius 1 is 1.17 bits per heavy atom. The molecule has 0 atom stereocenters. The lowest BCUT2D eigenvalue weighted by Crippen LogP contribution is -2.30. The fourth-order valence-electron chi connectivity index (χ4n) is 3.81. The van der Waals surface area contributed by atoms with Crippen LogP contribution in [0, 0.1) is 0 Å². The van der Waals surface area contributed by atoms with E-state index in [9.17, 15) is 9.59 Å². The zero-order valence-corrected chi connectivity index (χ0v) is 18.7. The number of carbonyl (C=O) groups excluding carboxylic acids is 1. The van der Waals surface area contributed by atoms with Gasteiger partial charge in [-0.15, -0.1) is 0 Å². The van der Waals surface area contributed by atoms with Gasteiger partial charge in [-0.05, 0) is 48.6 Å². The Bertz CT molecular complexity index is 1150. The number of hydrogen-bond acceptors (Lipinski definition) is 4. The summed E-state index contributed by atoms with van der Waals surface area (Å²) >= 11 is 7.45. The lowest BCUT2D eigenvalue weighted by atomic mass is 10.0. The van der Waals surface area contributed by atoms with Crippen LogP contribution in [0.25, 0.3) is 16.6 Å². The first-order chi connectivity index (χ1) is 14.5. The zero-order valence-electron chi connectivity index (χ0n) is 17.1. The van der Waals surface area contributed by atoms with Crippen LogP contribution in [0.5, 0.6) is 0 Å². The molecular formula is C23H24ClN3O2S. The van der Waals surface area contributed by atoms with Crippen molar-refractivity contribution < 1.29 is 4.79 Å². The number of hydrogen-bond donors (Lipinski definition) is 0. The van der Waals surface area contributed by atoms with Crippen molar-refractivity contribution in [2.24, 2.45) is 0 Å². The SMILES string of the molecule is CC(C)c1ccccc1-n1c(SCC(=O)N2CCCC2)nc2cc(Cl)ccc2c1=O. The van der Waals surface area contributed by atoms with Gasteiger partial charge in [0.05, 0.1) is 22.3 Å². The molecule has 3 aromatic rings. The summed E-state index contributed by atoms with van der Waals surface area (Å²) in [5.74, 6) is 0.572. The Labute approximate surface area is 185 Å². The number of benzene rings is 2. The van der Waals surface area contributed by atoms with Crippen molar-refractivity contribution in [1.82, 2.24) is 14.5 Å². The standard InChI is InChI=1S/C23H24ClN3O2S/c1-15(2)17-7-3-4-8-20(17)27-22(29)18-10-9-16(24)13-19(18)25-23(27)30-14-21(28)26-11-5-6-12-26/h3-4,7-10,13,15H,5-6,11-12,14H2,1-2H3. The van der Waals surface area contributed by atoms with Crippen LogP contribution in [-0.4, -0.2) is 39.2 Å². The highest BCUT2D eigenvalue weighted by Gasteiger charge is 2.21. The van der Waals surface area contributed by atoms with Gasteiger partial charge >= 0.3 is 0 Å². The Kier molecular flexibility index (Phi) is 6.16. The van der Waals surface area contributed by atoms with Crippen LogP contribution in [0.2, 0.25) is 5.02 Å². The van der Waals surface area contributed by atoms with Gasteiger partial charge in [0.15, 0.2) is 5.16 Å². The van der Waals surface area contributed by atoms with Gasteiger partial charge < -0.3 is 4.90 Å². The van der Waals surface area contributed by atoms with E-state index >= 15 is 0 Å². The molecule has 156 valence electrons. The maximum absolute atomic E-state index is 13.5. The fourth-order valence-corrected chi connectivity index (χ4v) is 4.89. The van der Waals surface area contributed by atoms with E-state index in [1.54, 1.807) is 22.8 Å². The molecule has 2 aromatic carbocycles. The second kappa shape index (κ2) is 8.82. The van der Waals surface area contributed by atoms with Crippen molar-refractivity contribution in [3.05, 3.63) is 63.4 Å². The number of thioether (sulfide) groups is 1. The molecule has 2 heterocycles. The molecule has 5 nitrogen and oxygen atoms in total. The maximum atomic E-state index is 13.5. The first-order valence-corrected chi connectivity index (χ1v) is 11.5. The number of amides is 1. The van der Waals surface area contributed by atoms with Crippen LogP contribution in [0.3, 0.4) is 0 Å². The summed E-state index contributed by atoms with van der Waals surface area (Å²) < 4.78 is 1.65. The Morgan fingerprint density at radius 2 is 1.90 bits per heavy atom. The second-order valence-corrected chi connectivity index (χ2v) is 9.17. The molecule has 1 saturated heterocycles. The molecule has 0 radical (unpaired) electrons. The summed E-state index contributed by atoms with van der Waals surface area (Å²) in [4.78, 5) is 32.7. The molecule has 0 N–H and O–H groups in total. The number of fused-ring (bicyclic) bond motifs is 1. The largest absolute Gasteiger partial charge is 0.342 e. The van der Waals surface area contributed by atoms with Crippen LogP contribution in [0.1, 0.15) is 38.2 Å².